The summed E-state index contributed by atoms with van der Waals surface area (Å²) in [5, 5.41) is 15.4. The van der Waals surface area contributed by atoms with Gasteiger partial charge >= 0.3 is 5.97 Å². The van der Waals surface area contributed by atoms with Crippen LogP contribution in [0.3, 0.4) is 0 Å². The molecule has 5 rings (SSSR count). The molecular weight excluding hydrogens is 468 g/mol. The molecule has 0 fully saturated rings. The number of rotatable bonds is 6. The molecule has 10 heteroatoms. The highest BCUT2D eigenvalue weighted by molar-refractivity contribution is 6.20. The number of furan rings is 1. The lowest BCUT2D eigenvalue weighted by Gasteiger charge is -2.24. The molecule has 1 unspecified atom stereocenters. The van der Waals surface area contributed by atoms with Crippen LogP contribution in [-0.4, -0.2) is 42.1 Å². The first kappa shape index (κ1) is 22.9. The van der Waals surface area contributed by atoms with Gasteiger partial charge in [0, 0.05) is 11.5 Å². The van der Waals surface area contributed by atoms with Crippen LogP contribution >= 0.6 is 0 Å². The zero-order chi connectivity index (χ0) is 25.6. The molecule has 1 atom stereocenters. The van der Waals surface area contributed by atoms with Crippen LogP contribution < -0.4 is 9.64 Å². The van der Waals surface area contributed by atoms with Crippen LogP contribution in [0, 0.1) is 6.92 Å². The molecule has 10 nitrogen and oxygen atoms in total. The summed E-state index contributed by atoms with van der Waals surface area (Å²) in [6.07, 6.45) is 0. The number of para-hydroxylation sites is 1. The first-order valence-corrected chi connectivity index (χ1v) is 10.8. The van der Waals surface area contributed by atoms with Crippen molar-refractivity contribution in [2.24, 2.45) is 0 Å². The average Bonchev–Trinajstić information content (AvgIpc) is 3.59. The number of amides is 1. The van der Waals surface area contributed by atoms with E-state index in [9.17, 15) is 19.5 Å². The number of carbonyl (C=O) groups excluding carboxylic acids is 3. The number of anilines is 1. The Morgan fingerprint density at radius 1 is 1.08 bits per heavy atom. The van der Waals surface area contributed by atoms with E-state index in [-0.39, 0.29) is 22.7 Å². The molecule has 0 saturated carbocycles. The number of fused-ring (bicyclic) bond motifs is 1. The molecule has 1 aliphatic heterocycles. The number of benzene rings is 2. The summed E-state index contributed by atoms with van der Waals surface area (Å²) in [6.45, 7) is 1.65. The van der Waals surface area contributed by atoms with Crippen LogP contribution in [0.1, 0.15) is 38.3 Å². The van der Waals surface area contributed by atoms with Crippen LogP contribution in [0.25, 0.3) is 11.0 Å². The molecule has 1 N–H and O–H groups in total. The zero-order valence-corrected chi connectivity index (χ0v) is 19.5. The number of ether oxygens (including phenoxy) is 2. The Balaban J connectivity index is 1.64. The van der Waals surface area contributed by atoms with Crippen molar-refractivity contribution in [2.45, 2.75) is 13.0 Å². The van der Waals surface area contributed by atoms with Crippen molar-refractivity contribution in [2.75, 3.05) is 19.1 Å². The maximum absolute atomic E-state index is 13.7. The SMILES string of the molecule is COC(=O)c1ccc(C2C(C(=O)c3cc4cccc(OC)c4o3)=C(O)C(=O)N2c2cc(C)on2)cc1. The van der Waals surface area contributed by atoms with Crippen molar-refractivity contribution in [3.8, 4) is 5.75 Å². The molecule has 0 spiro atoms. The number of hydrogen-bond acceptors (Lipinski definition) is 9. The Kier molecular flexibility index (Phi) is 5.56. The minimum atomic E-state index is -1.07. The highest BCUT2D eigenvalue weighted by atomic mass is 16.5. The van der Waals surface area contributed by atoms with E-state index < -0.39 is 29.5 Å². The van der Waals surface area contributed by atoms with E-state index in [1.54, 1.807) is 37.3 Å². The van der Waals surface area contributed by atoms with E-state index in [2.05, 4.69) is 5.16 Å². The van der Waals surface area contributed by atoms with Crippen LogP contribution in [-0.2, 0) is 9.53 Å². The highest BCUT2D eigenvalue weighted by Gasteiger charge is 2.46. The highest BCUT2D eigenvalue weighted by Crippen LogP contribution is 2.42. The van der Waals surface area contributed by atoms with Gasteiger partial charge in [-0.1, -0.05) is 29.4 Å². The number of carbonyl (C=O) groups is 3. The quantitative estimate of drug-likeness (QED) is 0.311. The number of aliphatic hydroxyl groups is 1. The van der Waals surface area contributed by atoms with Crippen molar-refractivity contribution in [3.63, 3.8) is 0 Å². The summed E-state index contributed by atoms with van der Waals surface area (Å²) in [5.41, 5.74) is 0.873. The van der Waals surface area contributed by atoms with Gasteiger partial charge in [0.05, 0.1) is 31.4 Å². The van der Waals surface area contributed by atoms with E-state index in [0.717, 1.165) is 4.90 Å². The van der Waals surface area contributed by atoms with Gasteiger partial charge in [-0.05, 0) is 36.8 Å². The van der Waals surface area contributed by atoms with Gasteiger partial charge in [-0.3, -0.25) is 14.5 Å². The van der Waals surface area contributed by atoms with Crippen LogP contribution in [0.2, 0.25) is 0 Å². The third-order valence-electron chi connectivity index (χ3n) is 5.91. The van der Waals surface area contributed by atoms with Gasteiger partial charge in [-0.2, -0.15) is 0 Å². The topological polar surface area (TPSA) is 132 Å². The van der Waals surface area contributed by atoms with Crippen LogP contribution in [0.5, 0.6) is 5.75 Å². The lowest BCUT2D eigenvalue weighted by atomic mass is 9.94. The number of hydrogen-bond donors (Lipinski definition) is 1. The molecule has 1 aliphatic rings. The normalized spacial score (nSPS) is 15.6. The molecule has 2 aromatic carbocycles. The predicted octanol–water partition coefficient (Wildman–Crippen LogP) is 4.31. The number of aryl methyl sites for hydroxylation is 1. The van der Waals surface area contributed by atoms with Crippen molar-refractivity contribution < 1.29 is 37.9 Å². The van der Waals surface area contributed by atoms with Crippen molar-refractivity contribution in [1.82, 2.24) is 5.16 Å². The van der Waals surface area contributed by atoms with E-state index in [1.807, 2.05) is 0 Å². The number of aliphatic hydroxyl groups excluding tert-OH is 1. The first-order chi connectivity index (χ1) is 17.3. The lowest BCUT2D eigenvalue weighted by molar-refractivity contribution is -0.117. The fraction of sp³-hybridized carbons (Fsp3) is 0.154. The summed E-state index contributed by atoms with van der Waals surface area (Å²) >= 11 is 0. The Labute approximate surface area is 204 Å². The second kappa shape index (κ2) is 8.73. The van der Waals surface area contributed by atoms with Gasteiger partial charge in [0.2, 0.25) is 5.78 Å². The maximum atomic E-state index is 13.7. The summed E-state index contributed by atoms with van der Waals surface area (Å²) in [6, 6.07) is 13.3. The smallest absolute Gasteiger partial charge is 0.337 e. The largest absolute Gasteiger partial charge is 0.503 e. The fourth-order valence-corrected chi connectivity index (χ4v) is 4.22. The fourth-order valence-electron chi connectivity index (χ4n) is 4.22. The molecule has 0 aliphatic carbocycles. The summed E-state index contributed by atoms with van der Waals surface area (Å²) in [5.74, 6) is -1.91. The molecule has 0 radical (unpaired) electrons. The number of methoxy groups -OCH3 is 2. The summed E-state index contributed by atoms with van der Waals surface area (Å²) < 4.78 is 21.0. The monoisotopic (exact) mass is 488 g/mol. The molecule has 1 amide bonds. The van der Waals surface area contributed by atoms with Crippen LogP contribution in [0.4, 0.5) is 5.82 Å². The van der Waals surface area contributed by atoms with Gasteiger partial charge in [0.15, 0.2) is 28.7 Å². The molecule has 3 heterocycles. The number of aromatic nitrogens is 1. The maximum Gasteiger partial charge on any atom is 0.337 e. The van der Waals surface area contributed by atoms with Gasteiger partial charge in [-0.15, -0.1) is 0 Å². The number of esters is 1. The zero-order valence-electron chi connectivity index (χ0n) is 19.5. The lowest BCUT2D eigenvalue weighted by Crippen LogP contribution is -2.31. The van der Waals surface area contributed by atoms with Gasteiger partial charge < -0.3 is 23.5 Å². The van der Waals surface area contributed by atoms with E-state index in [4.69, 9.17) is 18.4 Å². The Morgan fingerprint density at radius 3 is 2.47 bits per heavy atom. The second-order valence-electron chi connectivity index (χ2n) is 8.07. The third kappa shape index (κ3) is 3.59. The predicted molar refractivity (Wildman–Crippen MR) is 126 cm³/mol. The average molecular weight is 488 g/mol. The van der Waals surface area contributed by atoms with Gasteiger partial charge in [0.1, 0.15) is 5.76 Å². The molecule has 2 aromatic heterocycles. The van der Waals surface area contributed by atoms with Gasteiger partial charge in [0.25, 0.3) is 5.91 Å². The molecule has 4 aromatic rings. The number of nitrogens with zero attached hydrogens (tertiary/aromatic N) is 2. The van der Waals surface area contributed by atoms with Crippen LogP contribution in [0.15, 0.2) is 74.9 Å². The minimum absolute atomic E-state index is 0.0850. The number of ketones is 1. The molecule has 182 valence electrons. The van der Waals surface area contributed by atoms with Crippen molar-refractivity contribution in [1.29, 1.82) is 0 Å². The molecule has 0 saturated heterocycles. The van der Waals surface area contributed by atoms with E-state index in [0.29, 0.717) is 28.0 Å². The molecular formula is C26H20N2O8. The number of Topliss-reactive ketones (excluding diaryl/α,β-unsaturated/α-hetero) is 1. The van der Waals surface area contributed by atoms with E-state index in [1.165, 1.54) is 38.5 Å². The first-order valence-electron chi connectivity index (χ1n) is 10.8. The van der Waals surface area contributed by atoms with Crippen molar-refractivity contribution >= 4 is 34.4 Å². The summed E-state index contributed by atoms with van der Waals surface area (Å²) in [7, 11) is 2.75. The van der Waals surface area contributed by atoms with E-state index >= 15 is 0 Å². The van der Waals surface area contributed by atoms with Crippen molar-refractivity contribution in [3.05, 3.63) is 88.6 Å². The summed E-state index contributed by atoms with van der Waals surface area (Å²) in [4.78, 5) is 40.0. The Morgan fingerprint density at radius 2 is 1.83 bits per heavy atom. The Bertz CT molecular complexity index is 1540. The second-order valence-corrected chi connectivity index (χ2v) is 8.07. The molecule has 0 bridgehead atoms. The third-order valence-corrected chi connectivity index (χ3v) is 5.91. The standard InChI is InChI=1S/C26H20N2O8/c1-13-11-19(27-36-13)28-21(14-7-9-15(10-8-14)26(32)34-3)20(23(30)25(28)31)22(29)18-12-16-5-4-6-17(33-2)24(16)35-18/h4-12,21,30H,1-3H3. The Hall–Kier alpha value is -4.86. The van der Waals surface area contributed by atoms with Gasteiger partial charge in [-0.25, -0.2) is 4.79 Å². The minimum Gasteiger partial charge on any atom is -0.503 e. The molecule has 36 heavy (non-hydrogen) atoms.